The molecule has 0 saturated carbocycles. The summed E-state index contributed by atoms with van der Waals surface area (Å²) in [7, 11) is 3.44. The lowest BCUT2D eigenvalue weighted by atomic mass is 10.2. The molecule has 0 bridgehead atoms. The second kappa shape index (κ2) is 7.19. The van der Waals surface area contributed by atoms with Gasteiger partial charge in [-0.05, 0) is 18.2 Å². The molecule has 1 aromatic heterocycles. The summed E-state index contributed by atoms with van der Waals surface area (Å²) in [5.74, 6) is 0. The first-order valence-electron chi connectivity index (χ1n) is 7.87. The van der Waals surface area contributed by atoms with Crippen LogP contribution in [-0.2, 0) is 11.3 Å². The highest BCUT2D eigenvalue weighted by Gasteiger charge is 2.14. The van der Waals surface area contributed by atoms with Gasteiger partial charge in [0.05, 0.1) is 17.8 Å². The second-order valence-electron chi connectivity index (χ2n) is 5.57. The summed E-state index contributed by atoms with van der Waals surface area (Å²) in [6, 6.07) is 17.4. The number of carbonyl (C=O) groups excluding carboxylic acids is 1. The lowest BCUT2D eigenvalue weighted by Gasteiger charge is -2.17. The number of carbonyl (C=O) groups is 1. The van der Waals surface area contributed by atoms with Crippen molar-refractivity contribution in [3.05, 3.63) is 60.8 Å². The minimum Gasteiger partial charge on any atom is -0.383 e. The zero-order valence-electron chi connectivity index (χ0n) is 13.9. The number of nitrogens with zero attached hydrogens (tertiary/aromatic N) is 2. The van der Waals surface area contributed by atoms with Crippen molar-refractivity contribution in [2.45, 2.75) is 6.54 Å². The minimum absolute atomic E-state index is 0.171. The van der Waals surface area contributed by atoms with Gasteiger partial charge in [-0.3, -0.25) is 4.90 Å². The van der Waals surface area contributed by atoms with Crippen molar-refractivity contribution in [2.75, 3.05) is 31.0 Å². The van der Waals surface area contributed by atoms with Crippen molar-refractivity contribution in [3.8, 4) is 0 Å². The molecule has 2 amide bonds. The number of methoxy groups -OCH3 is 1. The largest absolute Gasteiger partial charge is 0.383 e. The van der Waals surface area contributed by atoms with E-state index < -0.39 is 0 Å². The third-order valence-electron chi connectivity index (χ3n) is 4.01. The van der Waals surface area contributed by atoms with Gasteiger partial charge in [0, 0.05) is 38.0 Å². The molecule has 0 spiro atoms. The van der Waals surface area contributed by atoms with E-state index in [1.54, 1.807) is 19.1 Å². The number of amides is 2. The van der Waals surface area contributed by atoms with Crippen molar-refractivity contribution in [1.29, 1.82) is 0 Å². The molecule has 0 fully saturated rings. The van der Waals surface area contributed by atoms with Crippen LogP contribution in [-0.4, -0.2) is 31.4 Å². The third kappa shape index (κ3) is 3.26. The Balaban J connectivity index is 1.85. The van der Waals surface area contributed by atoms with Gasteiger partial charge in [-0.1, -0.05) is 36.4 Å². The molecule has 0 aliphatic carbocycles. The monoisotopic (exact) mass is 323 g/mol. The van der Waals surface area contributed by atoms with Crippen LogP contribution in [0.5, 0.6) is 0 Å². The van der Waals surface area contributed by atoms with E-state index in [0.29, 0.717) is 6.61 Å². The van der Waals surface area contributed by atoms with E-state index in [1.165, 1.54) is 0 Å². The van der Waals surface area contributed by atoms with E-state index in [4.69, 9.17) is 4.74 Å². The maximum Gasteiger partial charge on any atom is 0.326 e. The molecule has 124 valence electrons. The lowest BCUT2D eigenvalue weighted by Crippen LogP contribution is -2.31. The van der Waals surface area contributed by atoms with Gasteiger partial charge in [-0.15, -0.1) is 0 Å². The number of para-hydroxylation sites is 2. The van der Waals surface area contributed by atoms with Crippen molar-refractivity contribution in [3.63, 3.8) is 0 Å². The Morgan fingerprint density at radius 3 is 2.58 bits per heavy atom. The van der Waals surface area contributed by atoms with E-state index in [0.717, 1.165) is 28.8 Å². The highest BCUT2D eigenvalue weighted by Crippen LogP contribution is 2.26. The fraction of sp³-hybridized carbons (Fsp3) is 0.211. The molecule has 3 rings (SSSR count). The molecule has 0 atom stereocenters. The van der Waals surface area contributed by atoms with E-state index in [2.05, 4.69) is 9.88 Å². The Hall–Kier alpha value is -2.79. The molecule has 0 saturated heterocycles. The van der Waals surface area contributed by atoms with E-state index >= 15 is 0 Å². The summed E-state index contributed by atoms with van der Waals surface area (Å²) in [6.45, 7) is 1.36. The number of ether oxygens (including phenoxy) is 1. The van der Waals surface area contributed by atoms with Crippen LogP contribution >= 0.6 is 0 Å². The average Bonchev–Trinajstić information content (AvgIpc) is 2.98. The maximum atomic E-state index is 12.6. The number of nitrogens with one attached hydrogen (secondary N) is 1. The van der Waals surface area contributed by atoms with Gasteiger partial charge in [0.1, 0.15) is 0 Å². The number of anilines is 2. The molecule has 0 aliphatic rings. The smallest absolute Gasteiger partial charge is 0.326 e. The number of rotatable bonds is 5. The van der Waals surface area contributed by atoms with E-state index in [1.807, 2.05) is 60.8 Å². The Kier molecular flexibility index (Phi) is 4.82. The first-order chi connectivity index (χ1) is 11.7. The molecular formula is C19H21N3O2. The van der Waals surface area contributed by atoms with Crippen molar-refractivity contribution < 1.29 is 9.53 Å². The van der Waals surface area contributed by atoms with Crippen LogP contribution in [0.15, 0.2) is 60.8 Å². The Labute approximate surface area is 141 Å². The quantitative estimate of drug-likeness (QED) is 0.772. The molecule has 5 heteroatoms. The van der Waals surface area contributed by atoms with Gasteiger partial charge in [-0.2, -0.15) is 0 Å². The maximum absolute atomic E-state index is 12.6. The predicted octanol–water partition coefficient (Wildman–Crippen LogP) is 3.96. The van der Waals surface area contributed by atoms with Gasteiger partial charge in [0.2, 0.25) is 0 Å². The summed E-state index contributed by atoms with van der Waals surface area (Å²) in [5, 5.41) is 4.02. The number of hydrogen-bond donors (Lipinski definition) is 1. The predicted molar refractivity (Wildman–Crippen MR) is 97.7 cm³/mol. The van der Waals surface area contributed by atoms with Gasteiger partial charge in [-0.25, -0.2) is 4.79 Å². The van der Waals surface area contributed by atoms with E-state index in [9.17, 15) is 4.79 Å². The lowest BCUT2D eigenvalue weighted by molar-refractivity contribution is 0.188. The fourth-order valence-electron chi connectivity index (χ4n) is 2.69. The molecular weight excluding hydrogens is 302 g/mol. The first-order valence-corrected chi connectivity index (χ1v) is 7.87. The van der Waals surface area contributed by atoms with Gasteiger partial charge >= 0.3 is 6.03 Å². The van der Waals surface area contributed by atoms with Crippen LogP contribution in [0.3, 0.4) is 0 Å². The zero-order valence-corrected chi connectivity index (χ0v) is 13.9. The molecule has 1 N–H and O–H groups in total. The highest BCUT2D eigenvalue weighted by atomic mass is 16.5. The summed E-state index contributed by atoms with van der Waals surface area (Å²) in [6.07, 6.45) is 1.96. The van der Waals surface area contributed by atoms with Crippen molar-refractivity contribution in [1.82, 2.24) is 4.57 Å². The molecule has 24 heavy (non-hydrogen) atoms. The molecule has 2 aromatic carbocycles. The van der Waals surface area contributed by atoms with E-state index in [-0.39, 0.29) is 6.03 Å². The Bertz CT molecular complexity index is 827. The van der Waals surface area contributed by atoms with Gasteiger partial charge < -0.3 is 14.6 Å². The molecule has 0 unspecified atom stereocenters. The fourth-order valence-corrected chi connectivity index (χ4v) is 2.69. The summed E-state index contributed by atoms with van der Waals surface area (Å²) >= 11 is 0. The molecule has 1 heterocycles. The summed E-state index contributed by atoms with van der Waals surface area (Å²) in [4.78, 5) is 14.2. The number of benzene rings is 2. The van der Waals surface area contributed by atoms with Gasteiger partial charge in [0.25, 0.3) is 0 Å². The number of aromatic nitrogens is 1. The van der Waals surface area contributed by atoms with Crippen LogP contribution < -0.4 is 10.2 Å². The van der Waals surface area contributed by atoms with Crippen LogP contribution in [0.2, 0.25) is 0 Å². The zero-order chi connectivity index (χ0) is 16.9. The van der Waals surface area contributed by atoms with Crippen molar-refractivity contribution >= 4 is 28.3 Å². The van der Waals surface area contributed by atoms with Crippen LogP contribution in [0.25, 0.3) is 10.9 Å². The first kappa shape index (κ1) is 16.1. The van der Waals surface area contributed by atoms with Crippen LogP contribution in [0, 0.1) is 0 Å². The SMILES string of the molecule is COCCn1cc(NC(=O)N(C)c2ccccc2)c2ccccc21. The number of fused-ring (bicyclic) bond motifs is 1. The summed E-state index contributed by atoms with van der Waals surface area (Å²) in [5.41, 5.74) is 2.72. The molecule has 3 aromatic rings. The third-order valence-corrected chi connectivity index (χ3v) is 4.01. The molecule has 0 aliphatic heterocycles. The van der Waals surface area contributed by atoms with Gasteiger partial charge in [0.15, 0.2) is 0 Å². The minimum atomic E-state index is -0.171. The normalized spacial score (nSPS) is 10.8. The van der Waals surface area contributed by atoms with Crippen LogP contribution in [0.1, 0.15) is 0 Å². The van der Waals surface area contributed by atoms with Crippen LogP contribution in [0.4, 0.5) is 16.2 Å². The second-order valence-corrected chi connectivity index (χ2v) is 5.57. The topological polar surface area (TPSA) is 46.5 Å². The standard InChI is InChI=1S/C19H21N3O2/c1-21(15-8-4-3-5-9-15)19(23)20-17-14-22(12-13-24-2)18-11-7-6-10-16(17)18/h3-11,14H,12-13H2,1-2H3,(H,20,23). The molecule has 5 nitrogen and oxygen atoms in total. The van der Waals surface area contributed by atoms with Crippen molar-refractivity contribution in [2.24, 2.45) is 0 Å². The highest BCUT2D eigenvalue weighted by molar-refractivity contribution is 6.07. The number of urea groups is 1. The Morgan fingerprint density at radius 2 is 1.83 bits per heavy atom. The Morgan fingerprint density at radius 1 is 1.12 bits per heavy atom. The summed E-state index contributed by atoms with van der Waals surface area (Å²) < 4.78 is 7.26. The number of hydrogen-bond acceptors (Lipinski definition) is 2. The average molecular weight is 323 g/mol. The molecule has 0 radical (unpaired) electrons.